The third-order valence-electron chi connectivity index (χ3n) is 8.53. The van der Waals surface area contributed by atoms with Crippen molar-refractivity contribution in [1.82, 2.24) is 5.32 Å². The molecule has 0 fully saturated rings. The van der Waals surface area contributed by atoms with E-state index >= 15 is 0 Å². The number of nitrogens with one attached hydrogen (secondary N) is 1. The highest BCUT2D eigenvalue weighted by atomic mass is 16.5. The second-order valence-corrected chi connectivity index (χ2v) is 12.5. The number of hydrogen-bond donors (Lipinski definition) is 3. The molecule has 0 saturated heterocycles. The molecular weight excluding hydrogens is 514 g/mol. The van der Waals surface area contributed by atoms with E-state index in [1.807, 2.05) is 77.1 Å². The van der Waals surface area contributed by atoms with Gasteiger partial charge in [-0.2, -0.15) is 0 Å². The molecule has 228 valence electrons. The van der Waals surface area contributed by atoms with Crippen molar-refractivity contribution in [2.75, 3.05) is 0 Å². The number of aliphatic hydroxyl groups excluding tert-OH is 2. The second kappa shape index (κ2) is 16.1. The minimum Gasteiger partial charge on any atom is -0.460 e. The lowest BCUT2D eigenvalue weighted by Crippen LogP contribution is -2.46. The van der Waals surface area contributed by atoms with Crippen LogP contribution in [0.3, 0.4) is 0 Å². The van der Waals surface area contributed by atoms with Crippen molar-refractivity contribution in [2.24, 2.45) is 29.6 Å². The van der Waals surface area contributed by atoms with Crippen molar-refractivity contribution in [3.05, 3.63) is 70.8 Å². The molecule has 1 aliphatic heterocycles. The molecule has 1 amide bonds. The van der Waals surface area contributed by atoms with Crippen molar-refractivity contribution < 1.29 is 24.5 Å². The average molecular weight is 568 g/mol. The summed E-state index contributed by atoms with van der Waals surface area (Å²) in [5.41, 5.74) is 2.86. The van der Waals surface area contributed by atoms with Crippen molar-refractivity contribution >= 4 is 11.9 Å². The molecule has 1 aromatic rings. The SMILES string of the molecule is CC[C@H](C)C[C@H](C)[C@H]1OC(=O)[C@H](Cc2ccccc2)NC(=O)C(C)=C[C@H](C)[C@@H](O)C(C)=C[C@H](C)[C@H](O)C(C)=C[C@@H]1C. The standard InChI is InChI=1S/C35H53NO5/c1-10-21(2)16-26(7)33-27(8)18-24(5)31(37)22(3)17-23(4)32(38)25(6)19-28(9)34(39)36-30(35(40)41-33)20-29-14-12-11-13-15-29/h11-15,17-19,21-22,25-27,30-33,37-38H,10,16,20H2,1-9H3,(H,36,39)/t21-,22-,25-,26-,27-,30-,31-,32-,33+/m0/s1. The zero-order chi connectivity index (χ0) is 30.9. The van der Waals surface area contributed by atoms with E-state index in [1.165, 1.54) is 0 Å². The van der Waals surface area contributed by atoms with Gasteiger partial charge in [0.05, 0.1) is 12.2 Å². The van der Waals surface area contributed by atoms with Crippen LogP contribution >= 0.6 is 0 Å². The molecule has 0 saturated carbocycles. The number of esters is 1. The Hall–Kier alpha value is -2.70. The Morgan fingerprint density at radius 2 is 1.39 bits per heavy atom. The normalized spacial score (nSPS) is 30.6. The quantitative estimate of drug-likeness (QED) is 0.282. The summed E-state index contributed by atoms with van der Waals surface area (Å²) in [5, 5.41) is 25.1. The van der Waals surface area contributed by atoms with Crippen molar-refractivity contribution in [1.29, 1.82) is 0 Å². The molecular formula is C35H53NO5. The number of amides is 1. The fraction of sp³-hybridized carbons (Fsp3) is 0.600. The molecule has 0 bridgehead atoms. The molecule has 9 atom stereocenters. The van der Waals surface area contributed by atoms with Crippen molar-refractivity contribution in [3.63, 3.8) is 0 Å². The third-order valence-corrected chi connectivity index (χ3v) is 8.53. The minimum absolute atomic E-state index is 0.0671. The number of rotatable bonds is 6. The van der Waals surface area contributed by atoms with Crippen LogP contribution in [0.15, 0.2) is 65.3 Å². The van der Waals surface area contributed by atoms with Crippen LogP contribution in [0.4, 0.5) is 0 Å². The summed E-state index contributed by atoms with van der Waals surface area (Å²) in [6.45, 7) is 17.7. The first-order chi connectivity index (χ1) is 19.2. The molecule has 0 aliphatic carbocycles. The van der Waals surface area contributed by atoms with Gasteiger partial charge >= 0.3 is 5.97 Å². The van der Waals surface area contributed by atoms with E-state index in [9.17, 15) is 19.8 Å². The Balaban J connectivity index is 2.59. The summed E-state index contributed by atoms with van der Waals surface area (Å²) in [5.74, 6) is -1.07. The first-order valence-corrected chi connectivity index (χ1v) is 15.2. The van der Waals surface area contributed by atoms with Gasteiger partial charge in [0.25, 0.3) is 0 Å². The summed E-state index contributed by atoms with van der Waals surface area (Å²) < 4.78 is 6.28. The lowest BCUT2D eigenvalue weighted by molar-refractivity contribution is -0.157. The zero-order valence-electron chi connectivity index (χ0n) is 26.6. The fourth-order valence-electron chi connectivity index (χ4n) is 5.81. The molecule has 2 rings (SSSR count). The molecule has 41 heavy (non-hydrogen) atoms. The summed E-state index contributed by atoms with van der Waals surface area (Å²) in [7, 11) is 0. The number of carbonyl (C=O) groups excluding carboxylic acids is 2. The van der Waals surface area contributed by atoms with Gasteiger partial charge in [-0.1, -0.05) is 96.5 Å². The highest BCUT2D eigenvalue weighted by Gasteiger charge is 2.32. The molecule has 1 aliphatic rings. The molecule has 0 aromatic heterocycles. The molecule has 1 heterocycles. The van der Waals surface area contributed by atoms with Crippen LogP contribution in [0, 0.1) is 29.6 Å². The smallest absolute Gasteiger partial charge is 0.329 e. The van der Waals surface area contributed by atoms with Crippen molar-refractivity contribution in [2.45, 2.75) is 106 Å². The van der Waals surface area contributed by atoms with Crippen LogP contribution in [-0.4, -0.2) is 46.4 Å². The Kier molecular flexibility index (Phi) is 13.5. The Morgan fingerprint density at radius 1 is 0.854 bits per heavy atom. The van der Waals surface area contributed by atoms with E-state index in [0.29, 0.717) is 17.9 Å². The maximum Gasteiger partial charge on any atom is 0.329 e. The fourth-order valence-corrected chi connectivity index (χ4v) is 5.81. The molecule has 6 nitrogen and oxygen atoms in total. The van der Waals surface area contributed by atoms with E-state index in [1.54, 1.807) is 13.0 Å². The van der Waals surface area contributed by atoms with Gasteiger partial charge in [-0.05, 0) is 55.7 Å². The van der Waals surface area contributed by atoms with Gasteiger partial charge in [0.2, 0.25) is 5.91 Å². The summed E-state index contributed by atoms with van der Waals surface area (Å²) in [6.07, 6.45) is 5.84. The van der Waals surface area contributed by atoms with E-state index in [4.69, 9.17) is 4.74 Å². The van der Waals surface area contributed by atoms with Crippen LogP contribution in [0.25, 0.3) is 0 Å². The number of hydrogen-bond acceptors (Lipinski definition) is 5. The summed E-state index contributed by atoms with van der Waals surface area (Å²) in [4.78, 5) is 27.1. The molecule has 0 unspecified atom stereocenters. The van der Waals surface area contributed by atoms with Crippen LogP contribution in [0.2, 0.25) is 0 Å². The minimum atomic E-state index is -0.882. The molecule has 3 N–H and O–H groups in total. The molecule has 6 heteroatoms. The molecule has 1 aromatic carbocycles. The monoisotopic (exact) mass is 567 g/mol. The summed E-state index contributed by atoms with van der Waals surface area (Å²) >= 11 is 0. The third kappa shape index (κ3) is 10.3. The van der Waals surface area contributed by atoms with E-state index < -0.39 is 30.3 Å². The van der Waals surface area contributed by atoms with Gasteiger partial charge in [-0.25, -0.2) is 4.79 Å². The van der Waals surface area contributed by atoms with E-state index in [2.05, 4.69) is 26.1 Å². The highest BCUT2D eigenvalue weighted by Crippen LogP contribution is 2.29. The first kappa shape index (κ1) is 34.5. The van der Waals surface area contributed by atoms with Gasteiger partial charge < -0.3 is 20.3 Å². The van der Waals surface area contributed by atoms with Crippen LogP contribution in [-0.2, 0) is 20.7 Å². The molecule has 0 spiro atoms. The van der Waals surface area contributed by atoms with Crippen LogP contribution < -0.4 is 5.32 Å². The van der Waals surface area contributed by atoms with Gasteiger partial charge in [0, 0.05) is 29.7 Å². The van der Waals surface area contributed by atoms with Crippen molar-refractivity contribution in [3.8, 4) is 0 Å². The highest BCUT2D eigenvalue weighted by molar-refractivity contribution is 5.95. The van der Waals surface area contributed by atoms with Gasteiger partial charge in [0.15, 0.2) is 0 Å². The molecule has 0 radical (unpaired) electrons. The van der Waals surface area contributed by atoms with Gasteiger partial charge in [-0.15, -0.1) is 0 Å². The van der Waals surface area contributed by atoms with Crippen LogP contribution in [0.5, 0.6) is 0 Å². The van der Waals surface area contributed by atoms with Gasteiger partial charge in [-0.3, -0.25) is 4.79 Å². The lowest BCUT2D eigenvalue weighted by Gasteiger charge is -2.32. The predicted molar refractivity (Wildman–Crippen MR) is 166 cm³/mol. The Labute approximate surface area is 248 Å². The number of carbonyl (C=O) groups is 2. The lowest BCUT2D eigenvalue weighted by atomic mass is 9.84. The topological polar surface area (TPSA) is 95.9 Å². The van der Waals surface area contributed by atoms with Gasteiger partial charge in [0.1, 0.15) is 12.1 Å². The number of ether oxygens (including phenoxy) is 1. The maximum absolute atomic E-state index is 13.8. The average Bonchev–Trinajstić information content (AvgIpc) is 2.93. The zero-order valence-corrected chi connectivity index (χ0v) is 26.6. The Morgan fingerprint density at radius 3 is 1.95 bits per heavy atom. The van der Waals surface area contributed by atoms with E-state index in [0.717, 1.165) is 29.6 Å². The predicted octanol–water partition coefficient (Wildman–Crippen LogP) is 6.18. The largest absolute Gasteiger partial charge is 0.460 e. The van der Waals surface area contributed by atoms with E-state index in [-0.39, 0.29) is 29.6 Å². The van der Waals surface area contributed by atoms with Crippen LogP contribution in [0.1, 0.15) is 80.7 Å². The number of benzene rings is 1. The maximum atomic E-state index is 13.8. The first-order valence-electron chi connectivity index (χ1n) is 15.2. The Bertz CT molecular complexity index is 1090. The summed E-state index contributed by atoms with van der Waals surface area (Å²) in [6, 6.07) is 8.70. The number of cyclic esters (lactones) is 1. The second-order valence-electron chi connectivity index (χ2n) is 12.5. The number of aliphatic hydroxyl groups is 2.